The number of benzene rings is 2. The number of nitrogens with one attached hydrogen (secondary N) is 1. The molecule has 2 aromatic carbocycles. The summed E-state index contributed by atoms with van der Waals surface area (Å²) in [5, 5.41) is 3.23. The number of hydrogen-bond donors (Lipinski definition) is 1. The molecule has 1 atom stereocenters. The van der Waals surface area contributed by atoms with Gasteiger partial charge in [0.2, 0.25) is 5.91 Å². The molecule has 9 heteroatoms. The molecule has 1 unspecified atom stereocenters. The smallest absolute Gasteiger partial charge is 0.337 e. The number of esters is 1. The first-order chi connectivity index (χ1) is 15.3. The number of amides is 1. The molecule has 0 aliphatic heterocycles. The number of hydrogen-bond acceptors (Lipinski definition) is 7. The summed E-state index contributed by atoms with van der Waals surface area (Å²) in [6.07, 6.45) is 4.32. The predicted octanol–water partition coefficient (Wildman–Crippen LogP) is 4.03. The third-order valence-electron chi connectivity index (χ3n) is 4.45. The minimum absolute atomic E-state index is 0.0176. The first-order valence-electron chi connectivity index (χ1n) is 9.61. The first kappa shape index (κ1) is 23.5. The molecule has 7 nitrogen and oxygen atoms in total. The zero-order valence-electron chi connectivity index (χ0n) is 17.5. The zero-order chi connectivity index (χ0) is 23.1. The van der Waals surface area contributed by atoms with Crippen LogP contribution in [0.1, 0.15) is 44.5 Å². The van der Waals surface area contributed by atoms with Crippen LogP contribution in [0.4, 0.5) is 5.13 Å². The predicted molar refractivity (Wildman–Crippen MR) is 125 cm³/mol. The molecular weight excluding hydrogens is 448 g/mol. The Labute approximate surface area is 192 Å². The van der Waals surface area contributed by atoms with Gasteiger partial charge in [0, 0.05) is 24.0 Å². The first-order valence-corrected chi connectivity index (χ1v) is 11.7. The standard InChI is InChI=1S/C23H22N2O5S2/c1-15(26)24-23-25-20(12-9-16-7-10-19(11-8-16)22(27)30-2)21(31-23)13-17-3-5-18(6-4-17)14-32(28)29/h3-12H,13-14H2,1-2H3,(H,28,29)(H,24,25,26)/p-1/b12-9-. The molecule has 32 heavy (non-hydrogen) atoms. The second-order valence-corrected chi connectivity index (χ2v) is 8.88. The van der Waals surface area contributed by atoms with E-state index in [9.17, 15) is 18.4 Å². The van der Waals surface area contributed by atoms with E-state index in [1.54, 1.807) is 24.3 Å². The van der Waals surface area contributed by atoms with Crippen molar-refractivity contribution in [1.82, 2.24) is 4.98 Å². The van der Waals surface area contributed by atoms with E-state index in [1.165, 1.54) is 25.4 Å². The third kappa shape index (κ3) is 6.68. The average Bonchev–Trinajstić information content (AvgIpc) is 3.13. The zero-order valence-corrected chi connectivity index (χ0v) is 19.1. The summed E-state index contributed by atoms with van der Waals surface area (Å²) in [7, 11) is 1.34. The maximum Gasteiger partial charge on any atom is 0.337 e. The quantitative estimate of drug-likeness (QED) is 0.394. The van der Waals surface area contributed by atoms with Gasteiger partial charge in [-0.2, -0.15) is 0 Å². The number of carbonyl (C=O) groups is 2. The van der Waals surface area contributed by atoms with Crippen molar-refractivity contribution in [2.45, 2.75) is 19.1 Å². The van der Waals surface area contributed by atoms with E-state index < -0.39 is 17.0 Å². The second kappa shape index (κ2) is 10.9. The van der Waals surface area contributed by atoms with Crippen LogP contribution in [0.25, 0.3) is 12.2 Å². The van der Waals surface area contributed by atoms with Crippen LogP contribution < -0.4 is 5.32 Å². The molecule has 1 N–H and O–H groups in total. The van der Waals surface area contributed by atoms with Crippen LogP contribution in [-0.2, 0) is 32.8 Å². The number of ether oxygens (including phenoxy) is 1. The lowest BCUT2D eigenvalue weighted by Gasteiger charge is -2.06. The summed E-state index contributed by atoms with van der Waals surface area (Å²) in [5.74, 6) is -0.611. The molecule has 1 amide bonds. The van der Waals surface area contributed by atoms with Gasteiger partial charge in [0.1, 0.15) is 0 Å². The van der Waals surface area contributed by atoms with Crippen molar-refractivity contribution in [1.29, 1.82) is 0 Å². The van der Waals surface area contributed by atoms with Crippen molar-refractivity contribution in [3.05, 3.63) is 81.4 Å². The Kier molecular flexibility index (Phi) is 8.04. The van der Waals surface area contributed by atoms with Gasteiger partial charge in [-0.05, 0) is 34.9 Å². The minimum Gasteiger partial charge on any atom is -0.772 e. The molecule has 0 bridgehead atoms. The number of rotatable bonds is 8. The lowest BCUT2D eigenvalue weighted by molar-refractivity contribution is -0.114. The van der Waals surface area contributed by atoms with Crippen LogP contribution in [0.2, 0.25) is 0 Å². The fraction of sp³-hybridized carbons (Fsp3) is 0.174. The van der Waals surface area contributed by atoms with E-state index in [0.29, 0.717) is 17.1 Å². The van der Waals surface area contributed by atoms with Crippen LogP contribution >= 0.6 is 11.3 Å². The summed E-state index contributed by atoms with van der Waals surface area (Å²) in [6.45, 7) is 1.43. The minimum atomic E-state index is -2.13. The fourth-order valence-electron chi connectivity index (χ4n) is 2.92. The molecule has 3 aromatic rings. The van der Waals surface area contributed by atoms with Gasteiger partial charge >= 0.3 is 5.97 Å². The molecule has 0 spiro atoms. The lowest BCUT2D eigenvalue weighted by Crippen LogP contribution is -2.04. The third-order valence-corrected chi connectivity index (χ3v) is 6.00. The Bertz CT molecular complexity index is 1150. The number of thiazole rings is 1. The summed E-state index contributed by atoms with van der Waals surface area (Å²) in [5.41, 5.74) is 3.80. The van der Waals surface area contributed by atoms with Crippen molar-refractivity contribution in [2.75, 3.05) is 12.4 Å². The molecule has 0 aliphatic rings. The summed E-state index contributed by atoms with van der Waals surface area (Å²) in [4.78, 5) is 28.5. The highest BCUT2D eigenvalue weighted by atomic mass is 32.2. The highest BCUT2D eigenvalue weighted by Crippen LogP contribution is 2.27. The lowest BCUT2D eigenvalue weighted by atomic mass is 10.1. The van der Waals surface area contributed by atoms with Crippen molar-refractivity contribution >= 4 is 51.6 Å². The van der Waals surface area contributed by atoms with Gasteiger partial charge in [-0.1, -0.05) is 53.6 Å². The Balaban J connectivity index is 1.82. The van der Waals surface area contributed by atoms with Crippen LogP contribution in [0.5, 0.6) is 0 Å². The number of nitrogens with zero attached hydrogens (tertiary/aromatic N) is 1. The van der Waals surface area contributed by atoms with E-state index in [1.807, 2.05) is 36.4 Å². The monoisotopic (exact) mass is 469 g/mol. The SMILES string of the molecule is COC(=O)c1ccc(/C=C\c2nc(NC(C)=O)sc2Cc2ccc(CS(=O)[O-])cc2)cc1. The number of anilines is 1. The van der Waals surface area contributed by atoms with Gasteiger partial charge in [-0.25, -0.2) is 9.78 Å². The van der Waals surface area contributed by atoms with Crippen LogP contribution in [0, 0.1) is 0 Å². The summed E-state index contributed by atoms with van der Waals surface area (Å²) < 4.78 is 26.4. The van der Waals surface area contributed by atoms with Gasteiger partial charge in [0.15, 0.2) is 5.13 Å². The molecule has 0 aliphatic carbocycles. The Morgan fingerprint density at radius 1 is 1.09 bits per heavy atom. The highest BCUT2D eigenvalue weighted by molar-refractivity contribution is 7.78. The summed E-state index contributed by atoms with van der Waals surface area (Å²) >= 11 is -0.738. The molecule has 3 rings (SSSR count). The fourth-order valence-corrected chi connectivity index (χ4v) is 4.42. The average molecular weight is 470 g/mol. The Morgan fingerprint density at radius 2 is 1.75 bits per heavy atom. The molecule has 0 saturated carbocycles. The molecular formula is C23H21N2O5S2-. The maximum absolute atomic E-state index is 11.6. The maximum atomic E-state index is 11.6. The molecule has 0 radical (unpaired) electrons. The summed E-state index contributed by atoms with van der Waals surface area (Å²) in [6, 6.07) is 14.3. The van der Waals surface area contributed by atoms with Gasteiger partial charge < -0.3 is 14.6 Å². The van der Waals surface area contributed by atoms with E-state index in [0.717, 1.165) is 27.3 Å². The molecule has 1 heterocycles. The van der Waals surface area contributed by atoms with Gasteiger partial charge in [0.05, 0.1) is 18.4 Å². The number of aromatic nitrogens is 1. The van der Waals surface area contributed by atoms with E-state index in [2.05, 4.69) is 10.3 Å². The van der Waals surface area contributed by atoms with E-state index in [4.69, 9.17) is 4.74 Å². The van der Waals surface area contributed by atoms with Gasteiger partial charge in [-0.3, -0.25) is 9.00 Å². The van der Waals surface area contributed by atoms with E-state index in [-0.39, 0.29) is 11.7 Å². The molecule has 166 valence electrons. The molecule has 1 aromatic heterocycles. The highest BCUT2D eigenvalue weighted by Gasteiger charge is 2.11. The normalized spacial score (nSPS) is 12.0. The molecule has 0 saturated heterocycles. The molecule has 0 fully saturated rings. The second-order valence-electron chi connectivity index (χ2n) is 6.90. The van der Waals surface area contributed by atoms with Crippen molar-refractivity contribution in [3.63, 3.8) is 0 Å². The van der Waals surface area contributed by atoms with Crippen molar-refractivity contribution < 1.29 is 23.1 Å². The largest absolute Gasteiger partial charge is 0.772 e. The van der Waals surface area contributed by atoms with E-state index >= 15 is 0 Å². The van der Waals surface area contributed by atoms with Crippen molar-refractivity contribution in [3.8, 4) is 0 Å². The Hall–Kier alpha value is -3.14. The van der Waals surface area contributed by atoms with Crippen molar-refractivity contribution in [2.24, 2.45) is 0 Å². The topological polar surface area (TPSA) is 108 Å². The Morgan fingerprint density at radius 3 is 2.34 bits per heavy atom. The van der Waals surface area contributed by atoms with Crippen LogP contribution in [-0.4, -0.2) is 32.7 Å². The van der Waals surface area contributed by atoms with Gasteiger partial charge in [0.25, 0.3) is 0 Å². The number of methoxy groups -OCH3 is 1. The van der Waals surface area contributed by atoms with Crippen LogP contribution in [0.15, 0.2) is 48.5 Å². The van der Waals surface area contributed by atoms with Crippen LogP contribution in [0.3, 0.4) is 0 Å². The van der Waals surface area contributed by atoms with Gasteiger partial charge in [-0.15, -0.1) is 11.3 Å². The number of carbonyl (C=O) groups excluding carboxylic acids is 2.